The van der Waals surface area contributed by atoms with Gasteiger partial charge in [-0.15, -0.1) is 0 Å². The molecule has 0 atom stereocenters. The lowest BCUT2D eigenvalue weighted by atomic mass is 10.1. The van der Waals surface area contributed by atoms with Crippen LogP contribution in [0, 0.1) is 0 Å². The van der Waals surface area contributed by atoms with Gasteiger partial charge in [0.1, 0.15) is 11.5 Å². The van der Waals surface area contributed by atoms with E-state index in [2.05, 4.69) is 5.32 Å². The fourth-order valence-electron chi connectivity index (χ4n) is 2.44. The molecule has 0 bridgehead atoms. The quantitative estimate of drug-likeness (QED) is 0.797. The van der Waals surface area contributed by atoms with Crippen LogP contribution in [0.5, 0.6) is 23.0 Å². The second-order valence-electron chi connectivity index (χ2n) is 5.26. The molecule has 2 rings (SSSR count). The van der Waals surface area contributed by atoms with Crippen molar-refractivity contribution in [3.63, 3.8) is 0 Å². The van der Waals surface area contributed by atoms with Gasteiger partial charge < -0.3 is 24.3 Å². The summed E-state index contributed by atoms with van der Waals surface area (Å²) in [5.74, 6) is 2.24. The van der Waals surface area contributed by atoms with Crippen molar-refractivity contribution in [2.75, 3.05) is 35.0 Å². The van der Waals surface area contributed by atoms with Crippen molar-refractivity contribution in [1.29, 1.82) is 0 Å². The maximum atomic E-state index is 12.4. The van der Waals surface area contributed by atoms with Crippen LogP contribution >= 0.6 is 0 Å². The molecule has 0 saturated carbocycles. The van der Waals surface area contributed by atoms with Crippen molar-refractivity contribution in [3.05, 3.63) is 47.5 Å². The molecule has 0 radical (unpaired) electrons. The summed E-state index contributed by atoms with van der Waals surface area (Å²) in [6, 6.07) is 10.8. The summed E-state index contributed by atoms with van der Waals surface area (Å²) >= 11 is 0. The van der Waals surface area contributed by atoms with Gasteiger partial charge in [-0.25, -0.2) is 0 Å². The number of amides is 1. The molecule has 1 N–H and O–H groups in total. The zero-order valence-electron chi connectivity index (χ0n) is 14.9. The fraction of sp³-hybridized carbons (Fsp3) is 0.316. The van der Waals surface area contributed by atoms with Gasteiger partial charge in [-0.3, -0.25) is 4.79 Å². The molecule has 1 amide bonds. The van der Waals surface area contributed by atoms with E-state index in [-0.39, 0.29) is 5.91 Å². The molecule has 25 heavy (non-hydrogen) atoms. The summed E-state index contributed by atoms with van der Waals surface area (Å²) in [6.45, 7) is 0.481. The molecule has 0 fully saturated rings. The first-order valence-electron chi connectivity index (χ1n) is 7.84. The van der Waals surface area contributed by atoms with E-state index in [9.17, 15) is 4.79 Å². The maximum Gasteiger partial charge on any atom is 0.255 e. The lowest BCUT2D eigenvalue weighted by Gasteiger charge is -2.12. The molecule has 0 saturated heterocycles. The van der Waals surface area contributed by atoms with Crippen molar-refractivity contribution >= 4 is 5.91 Å². The van der Waals surface area contributed by atoms with E-state index in [4.69, 9.17) is 18.9 Å². The van der Waals surface area contributed by atoms with Gasteiger partial charge in [0, 0.05) is 6.54 Å². The monoisotopic (exact) mass is 345 g/mol. The van der Waals surface area contributed by atoms with Gasteiger partial charge in [-0.1, -0.05) is 6.07 Å². The number of carbonyl (C=O) groups excluding carboxylic acids is 1. The minimum absolute atomic E-state index is 0.212. The van der Waals surface area contributed by atoms with Crippen molar-refractivity contribution in [3.8, 4) is 23.0 Å². The fourth-order valence-corrected chi connectivity index (χ4v) is 2.44. The predicted molar refractivity (Wildman–Crippen MR) is 95.1 cm³/mol. The first-order chi connectivity index (χ1) is 12.1. The van der Waals surface area contributed by atoms with Gasteiger partial charge in [0.25, 0.3) is 5.91 Å². The van der Waals surface area contributed by atoms with Crippen LogP contribution in [0.15, 0.2) is 36.4 Å². The number of benzene rings is 2. The highest BCUT2D eigenvalue weighted by Crippen LogP contribution is 2.27. The highest BCUT2D eigenvalue weighted by molar-refractivity contribution is 5.97. The Labute approximate surface area is 147 Å². The maximum absolute atomic E-state index is 12.4. The zero-order chi connectivity index (χ0) is 18.2. The molecular weight excluding hydrogens is 322 g/mol. The van der Waals surface area contributed by atoms with E-state index in [0.29, 0.717) is 41.5 Å². The van der Waals surface area contributed by atoms with Crippen LogP contribution in [-0.4, -0.2) is 40.9 Å². The molecule has 2 aromatic carbocycles. The van der Waals surface area contributed by atoms with E-state index in [1.54, 1.807) is 39.5 Å². The summed E-state index contributed by atoms with van der Waals surface area (Å²) in [4.78, 5) is 12.4. The molecule has 6 heteroatoms. The summed E-state index contributed by atoms with van der Waals surface area (Å²) in [5, 5.41) is 2.89. The lowest BCUT2D eigenvalue weighted by molar-refractivity contribution is 0.0950. The summed E-state index contributed by atoms with van der Waals surface area (Å²) in [5.41, 5.74) is 1.48. The number of carbonyl (C=O) groups is 1. The second kappa shape index (κ2) is 8.82. The molecular formula is C19H23NO5. The van der Waals surface area contributed by atoms with E-state index >= 15 is 0 Å². The van der Waals surface area contributed by atoms with E-state index < -0.39 is 0 Å². The average molecular weight is 345 g/mol. The highest BCUT2D eigenvalue weighted by atomic mass is 16.5. The second-order valence-corrected chi connectivity index (χ2v) is 5.26. The Morgan fingerprint density at radius 3 is 2.16 bits per heavy atom. The van der Waals surface area contributed by atoms with Crippen LogP contribution in [0.3, 0.4) is 0 Å². The molecule has 0 aromatic heterocycles. The first-order valence-corrected chi connectivity index (χ1v) is 7.84. The average Bonchev–Trinajstić information content (AvgIpc) is 2.67. The third-order valence-corrected chi connectivity index (χ3v) is 3.80. The molecule has 6 nitrogen and oxygen atoms in total. The van der Waals surface area contributed by atoms with Gasteiger partial charge in [-0.05, 0) is 42.3 Å². The minimum Gasteiger partial charge on any atom is -0.497 e. The Morgan fingerprint density at radius 1 is 0.840 bits per heavy atom. The number of hydrogen-bond donors (Lipinski definition) is 1. The molecule has 0 unspecified atom stereocenters. The van der Waals surface area contributed by atoms with Gasteiger partial charge in [0.05, 0.1) is 34.0 Å². The number of ether oxygens (including phenoxy) is 4. The molecule has 134 valence electrons. The minimum atomic E-state index is -0.212. The summed E-state index contributed by atoms with van der Waals surface area (Å²) in [7, 11) is 6.28. The molecule has 0 spiro atoms. The van der Waals surface area contributed by atoms with Crippen molar-refractivity contribution < 1.29 is 23.7 Å². The SMILES string of the molecule is COc1ccc(OC)c(C(=O)NCCc2ccc(OC)c(OC)c2)c1. The number of nitrogens with one attached hydrogen (secondary N) is 1. The highest BCUT2D eigenvalue weighted by Gasteiger charge is 2.13. The van der Waals surface area contributed by atoms with Gasteiger partial charge >= 0.3 is 0 Å². The van der Waals surface area contributed by atoms with E-state index in [1.165, 1.54) is 7.11 Å². The third kappa shape index (κ3) is 4.56. The Balaban J connectivity index is 2.01. The smallest absolute Gasteiger partial charge is 0.255 e. The van der Waals surface area contributed by atoms with Crippen LogP contribution in [0.4, 0.5) is 0 Å². The Hall–Kier alpha value is -2.89. The number of rotatable bonds is 8. The third-order valence-electron chi connectivity index (χ3n) is 3.80. The number of methoxy groups -OCH3 is 4. The summed E-state index contributed by atoms with van der Waals surface area (Å²) < 4.78 is 20.9. The van der Waals surface area contributed by atoms with Crippen LogP contribution in [0.2, 0.25) is 0 Å². The van der Waals surface area contributed by atoms with Gasteiger partial charge in [0.2, 0.25) is 0 Å². The molecule has 0 aliphatic rings. The van der Waals surface area contributed by atoms with Crippen LogP contribution in [0.1, 0.15) is 15.9 Å². The van der Waals surface area contributed by atoms with Crippen molar-refractivity contribution in [1.82, 2.24) is 5.32 Å². The van der Waals surface area contributed by atoms with Crippen LogP contribution in [0.25, 0.3) is 0 Å². The molecule has 0 aliphatic carbocycles. The topological polar surface area (TPSA) is 66.0 Å². The number of hydrogen-bond acceptors (Lipinski definition) is 5. The standard InChI is InChI=1S/C19H23NO5/c1-22-14-6-8-16(23-2)15(12-14)19(21)20-10-9-13-5-7-17(24-3)18(11-13)25-4/h5-8,11-12H,9-10H2,1-4H3,(H,20,21). The van der Waals surface area contributed by atoms with Crippen molar-refractivity contribution in [2.24, 2.45) is 0 Å². The largest absolute Gasteiger partial charge is 0.497 e. The molecule has 0 aliphatic heterocycles. The van der Waals surface area contributed by atoms with Gasteiger partial charge in [-0.2, -0.15) is 0 Å². The Morgan fingerprint density at radius 2 is 1.52 bits per heavy atom. The Kier molecular flexibility index (Phi) is 6.51. The molecule has 2 aromatic rings. The first kappa shape index (κ1) is 18.4. The van der Waals surface area contributed by atoms with Crippen LogP contribution < -0.4 is 24.3 Å². The van der Waals surface area contributed by atoms with E-state index in [0.717, 1.165) is 5.56 Å². The lowest BCUT2D eigenvalue weighted by Crippen LogP contribution is -2.26. The predicted octanol–water partition coefficient (Wildman–Crippen LogP) is 2.69. The summed E-state index contributed by atoms with van der Waals surface area (Å²) in [6.07, 6.45) is 0.665. The van der Waals surface area contributed by atoms with Gasteiger partial charge in [0.15, 0.2) is 11.5 Å². The van der Waals surface area contributed by atoms with E-state index in [1.807, 2.05) is 18.2 Å². The molecule has 0 heterocycles. The van der Waals surface area contributed by atoms with Crippen molar-refractivity contribution in [2.45, 2.75) is 6.42 Å². The zero-order valence-corrected chi connectivity index (χ0v) is 14.9. The van der Waals surface area contributed by atoms with Crippen LogP contribution in [-0.2, 0) is 6.42 Å². The normalized spacial score (nSPS) is 10.1. The Bertz CT molecular complexity index is 730.